The van der Waals surface area contributed by atoms with Crippen LogP contribution in [0.2, 0.25) is 0 Å². The minimum atomic E-state index is -4.72. The summed E-state index contributed by atoms with van der Waals surface area (Å²) < 4.78 is 48.2. The molecule has 2 bridgehead atoms. The van der Waals surface area contributed by atoms with Crippen molar-refractivity contribution in [1.29, 1.82) is 0 Å². The third kappa shape index (κ3) is 4.12. The minimum absolute atomic E-state index is 0.0965. The van der Waals surface area contributed by atoms with E-state index >= 15 is 0 Å². The number of aromatic nitrogens is 1. The lowest BCUT2D eigenvalue weighted by Gasteiger charge is -2.43. The van der Waals surface area contributed by atoms with Gasteiger partial charge in [-0.25, -0.2) is 4.90 Å². The molecule has 4 aromatic rings. The number of imide groups is 1. The summed E-state index contributed by atoms with van der Waals surface area (Å²) >= 11 is 2.68. The smallest absolute Gasteiger partial charge is 0.418 e. The van der Waals surface area contributed by atoms with Crippen LogP contribution in [-0.2, 0) is 22.4 Å². The fraction of sp³-hybridized carbons (Fsp3) is 0.303. The van der Waals surface area contributed by atoms with E-state index in [1.165, 1.54) is 30.0 Å². The molecule has 2 amide bonds. The Morgan fingerprint density at radius 1 is 0.864 bits per heavy atom. The second-order valence-corrected chi connectivity index (χ2v) is 14.0. The summed E-state index contributed by atoms with van der Waals surface area (Å²) in [5.41, 5.74) is 0.501. The first-order chi connectivity index (χ1) is 21.2. The molecule has 3 fully saturated rings. The Hall–Kier alpha value is -3.83. The Kier molecular flexibility index (Phi) is 6.36. The van der Waals surface area contributed by atoms with Crippen molar-refractivity contribution in [2.45, 2.75) is 35.4 Å². The molecule has 11 heteroatoms. The first-order valence-corrected chi connectivity index (χ1v) is 16.1. The van der Waals surface area contributed by atoms with Crippen LogP contribution in [-0.4, -0.2) is 22.0 Å². The molecular formula is C33H25F3N2O4S2. The zero-order valence-corrected chi connectivity index (χ0v) is 24.6. The lowest BCUT2D eigenvalue weighted by Crippen LogP contribution is -2.42. The summed E-state index contributed by atoms with van der Waals surface area (Å²) in [5.74, 6) is -2.69. The van der Waals surface area contributed by atoms with Gasteiger partial charge in [-0.1, -0.05) is 72.0 Å². The number of halogens is 3. The number of thioether (sulfide) groups is 1. The number of fused-ring (bicyclic) bond motifs is 9. The number of thiazole rings is 1. The second kappa shape index (κ2) is 10.1. The Morgan fingerprint density at radius 2 is 1.55 bits per heavy atom. The van der Waals surface area contributed by atoms with Crippen molar-refractivity contribution in [3.63, 3.8) is 0 Å². The monoisotopic (exact) mass is 634 g/mol. The summed E-state index contributed by atoms with van der Waals surface area (Å²) in [5, 5.41) is 0.657. The van der Waals surface area contributed by atoms with Crippen molar-refractivity contribution < 1.29 is 27.5 Å². The molecule has 224 valence electrons. The van der Waals surface area contributed by atoms with Crippen LogP contribution in [0, 0.1) is 29.6 Å². The molecule has 2 saturated carbocycles. The van der Waals surface area contributed by atoms with Crippen molar-refractivity contribution in [3.8, 4) is 5.75 Å². The number of H-pyrrole nitrogens is 1. The molecule has 2 aliphatic heterocycles. The number of para-hydroxylation sites is 2. The van der Waals surface area contributed by atoms with Crippen molar-refractivity contribution >= 4 is 40.6 Å². The number of ether oxygens (including phenoxy) is 1. The van der Waals surface area contributed by atoms with Crippen LogP contribution in [0.25, 0.3) is 0 Å². The Bertz CT molecular complexity index is 1860. The van der Waals surface area contributed by atoms with Gasteiger partial charge in [0.05, 0.1) is 28.1 Å². The van der Waals surface area contributed by atoms with Gasteiger partial charge in [-0.2, -0.15) is 13.2 Å². The van der Waals surface area contributed by atoms with E-state index < -0.39 is 41.1 Å². The Labute approximate surface area is 258 Å². The average molecular weight is 635 g/mol. The molecule has 7 atom stereocenters. The van der Waals surface area contributed by atoms with Gasteiger partial charge in [0.2, 0.25) is 11.8 Å². The van der Waals surface area contributed by atoms with Gasteiger partial charge in [0.25, 0.3) is 0 Å². The van der Waals surface area contributed by atoms with Gasteiger partial charge in [0, 0.05) is 21.6 Å². The number of alkyl halides is 3. The number of nitrogens with zero attached hydrogens (tertiary/aromatic N) is 1. The number of hydrogen-bond donors (Lipinski definition) is 1. The SMILES string of the molecule is O=C1C2C3CC(C2C(=O)N1c1ccccc1C(F)(F)F)C1C3Sc2[nH]c(=O)sc2[C@@H]1c1ccccc1OCc1ccccc1. The largest absolute Gasteiger partial charge is 0.489 e. The number of aromatic amines is 1. The second-order valence-electron chi connectivity index (χ2n) is 11.8. The fourth-order valence-electron chi connectivity index (χ4n) is 8.12. The number of carbonyl (C=O) groups is 2. The summed E-state index contributed by atoms with van der Waals surface area (Å²) in [6.45, 7) is 0.348. The van der Waals surface area contributed by atoms with E-state index in [0.29, 0.717) is 18.8 Å². The predicted octanol–water partition coefficient (Wildman–Crippen LogP) is 6.71. The molecule has 1 saturated heterocycles. The van der Waals surface area contributed by atoms with Gasteiger partial charge >= 0.3 is 11.0 Å². The third-order valence-corrected chi connectivity index (χ3v) is 12.3. The molecule has 0 spiro atoms. The van der Waals surface area contributed by atoms with E-state index in [-0.39, 0.29) is 33.8 Å². The van der Waals surface area contributed by atoms with Crippen LogP contribution in [0.15, 0.2) is 88.7 Å². The molecule has 3 aromatic carbocycles. The van der Waals surface area contributed by atoms with Crippen LogP contribution >= 0.6 is 23.1 Å². The van der Waals surface area contributed by atoms with Crippen molar-refractivity contribution in [2.24, 2.45) is 29.6 Å². The number of rotatable bonds is 5. The molecule has 6 nitrogen and oxygen atoms in total. The average Bonchev–Trinajstić information content (AvgIpc) is 3.75. The van der Waals surface area contributed by atoms with Gasteiger partial charge in [0.15, 0.2) is 0 Å². The number of carbonyl (C=O) groups excluding carboxylic acids is 2. The highest BCUT2D eigenvalue weighted by molar-refractivity contribution is 8.00. The van der Waals surface area contributed by atoms with Gasteiger partial charge < -0.3 is 9.72 Å². The van der Waals surface area contributed by atoms with Gasteiger partial charge in [-0.3, -0.25) is 14.4 Å². The molecule has 1 aromatic heterocycles. The summed E-state index contributed by atoms with van der Waals surface area (Å²) in [6.07, 6.45) is -4.08. The van der Waals surface area contributed by atoms with E-state index in [4.69, 9.17) is 4.74 Å². The highest BCUT2D eigenvalue weighted by Gasteiger charge is 2.70. The maximum atomic E-state index is 14.0. The first kappa shape index (κ1) is 27.7. The molecule has 8 rings (SSSR count). The fourth-order valence-corrected chi connectivity index (χ4v) is 11.0. The van der Waals surface area contributed by atoms with E-state index in [0.717, 1.165) is 43.3 Å². The molecule has 2 aliphatic carbocycles. The van der Waals surface area contributed by atoms with Gasteiger partial charge in [-0.05, 0) is 47.9 Å². The Balaban J connectivity index is 1.19. The zero-order valence-electron chi connectivity index (χ0n) is 23.0. The first-order valence-electron chi connectivity index (χ1n) is 14.4. The maximum Gasteiger partial charge on any atom is 0.418 e. The molecule has 4 aliphatic rings. The number of benzene rings is 3. The highest BCUT2D eigenvalue weighted by atomic mass is 32.2. The standard InChI is InChI=1S/C33H25F3N2O4S2/c34-33(35,36)20-11-5-6-12-21(20)38-30(39)25-18-14-19(26(25)31(38)40)27-24(18)23(28-29(43-27)37-32(41)44-28)17-10-4-7-13-22(17)42-15-16-8-2-1-3-9-16/h1-13,18-19,23-27H,14-15H2,(H,37,41)/t18?,19?,23-,24?,25?,26?,27?/m1/s1. The van der Waals surface area contributed by atoms with Crippen LogP contribution in [0.1, 0.15) is 33.9 Å². The van der Waals surface area contributed by atoms with Crippen LogP contribution in [0.3, 0.4) is 0 Å². The zero-order chi connectivity index (χ0) is 30.3. The maximum absolute atomic E-state index is 14.0. The van der Waals surface area contributed by atoms with Crippen molar-refractivity contribution in [3.05, 3.63) is 110 Å². The van der Waals surface area contributed by atoms with E-state index in [1.807, 2.05) is 54.6 Å². The minimum Gasteiger partial charge on any atom is -0.489 e. The predicted molar refractivity (Wildman–Crippen MR) is 160 cm³/mol. The molecule has 6 unspecified atom stereocenters. The number of hydrogen-bond acceptors (Lipinski definition) is 6. The van der Waals surface area contributed by atoms with E-state index in [1.54, 1.807) is 0 Å². The molecule has 3 heterocycles. The molecule has 0 radical (unpaired) electrons. The van der Waals surface area contributed by atoms with Crippen molar-refractivity contribution in [1.82, 2.24) is 4.98 Å². The number of anilines is 1. The number of nitrogens with one attached hydrogen (secondary N) is 1. The quantitative estimate of drug-likeness (QED) is 0.247. The van der Waals surface area contributed by atoms with Crippen LogP contribution < -0.4 is 14.5 Å². The van der Waals surface area contributed by atoms with Crippen LogP contribution in [0.5, 0.6) is 5.75 Å². The summed E-state index contributed by atoms with van der Waals surface area (Å²) in [6, 6.07) is 22.3. The summed E-state index contributed by atoms with van der Waals surface area (Å²) in [7, 11) is 0. The topological polar surface area (TPSA) is 79.5 Å². The molecule has 1 N–H and O–H groups in total. The summed E-state index contributed by atoms with van der Waals surface area (Å²) in [4.78, 5) is 45.0. The third-order valence-electron chi connectivity index (χ3n) is 9.67. The highest BCUT2D eigenvalue weighted by Crippen LogP contribution is 2.69. The lowest BCUT2D eigenvalue weighted by molar-refractivity contribution is -0.137. The van der Waals surface area contributed by atoms with Gasteiger partial charge in [0.1, 0.15) is 12.4 Å². The normalized spacial score (nSPS) is 28.6. The van der Waals surface area contributed by atoms with Crippen molar-refractivity contribution in [2.75, 3.05) is 4.90 Å². The molecular weight excluding hydrogens is 610 g/mol. The Morgan fingerprint density at radius 3 is 2.32 bits per heavy atom. The van der Waals surface area contributed by atoms with E-state index in [9.17, 15) is 27.6 Å². The van der Waals surface area contributed by atoms with Gasteiger partial charge in [-0.15, -0.1) is 11.8 Å². The van der Waals surface area contributed by atoms with E-state index in [2.05, 4.69) is 4.98 Å². The lowest BCUT2D eigenvalue weighted by atomic mass is 9.68. The number of amides is 2. The van der Waals surface area contributed by atoms with Crippen LogP contribution in [0.4, 0.5) is 18.9 Å². The molecule has 44 heavy (non-hydrogen) atoms.